The first kappa shape index (κ1) is 9.18. The summed E-state index contributed by atoms with van der Waals surface area (Å²) in [7, 11) is 0. The number of amides is 1. The Hall–Kier alpha value is -1.91. The van der Waals surface area contributed by atoms with Crippen LogP contribution in [-0.2, 0) is 0 Å². The van der Waals surface area contributed by atoms with Gasteiger partial charge in [0.25, 0.3) is 0 Å². The number of benzene rings is 1. The maximum absolute atomic E-state index is 10.9. The second kappa shape index (κ2) is 3.66. The summed E-state index contributed by atoms with van der Waals surface area (Å²) in [5, 5.41) is 4.83. The van der Waals surface area contributed by atoms with E-state index in [9.17, 15) is 14.6 Å². The molecule has 0 heterocycles. The van der Waals surface area contributed by atoms with Crippen LogP contribution < -0.4 is 0 Å². The highest BCUT2D eigenvalue weighted by molar-refractivity contribution is 5.99. The summed E-state index contributed by atoms with van der Waals surface area (Å²) in [6.07, 6.45) is 0. The van der Waals surface area contributed by atoms with Crippen LogP contribution in [0.4, 0.5) is 5.69 Å². The van der Waals surface area contributed by atoms with Crippen LogP contribution >= 0.6 is 0 Å². The largest absolute Gasteiger partial charge is 0.319 e. The van der Waals surface area contributed by atoms with Gasteiger partial charge in [-0.15, -0.1) is 9.81 Å². The molecular weight excluding hydrogens is 172 g/mol. The highest BCUT2D eigenvalue weighted by Crippen LogP contribution is 2.20. The van der Waals surface area contributed by atoms with Crippen LogP contribution in [0.1, 0.15) is 15.9 Å². The van der Waals surface area contributed by atoms with Crippen molar-refractivity contribution in [1.29, 1.82) is 0 Å². The predicted molar refractivity (Wildman–Crippen MR) is 46.8 cm³/mol. The van der Waals surface area contributed by atoms with Gasteiger partial charge < -0.3 is 0 Å². The number of aryl methyl sites for hydroxylation is 1. The first-order valence-electron chi connectivity index (χ1n) is 3.50. The fourth-order valence-corrected chi connectivity index (χ4v) is 0.950. The van der Waals surface area contributed by atoms with E-state index in [2.05, 4.69) is 10.4 Å². The normalized spacial score (nSPS) is 9.31. The third-order valence-electron chi connectivity index (χ3n) is 1.56. The van der Waals surface area contributed by atoms with Gasteiger partial charge in [-0.05, 0) is 24.2 Å². The molecule has 0 bridgehead atoms. The van der Waals surface area contributed by atoms with Crippen molar-refractivity contribution in [2.45, 2.75) is 6.92 Å². The minimum absolute atomic E-state index is 0.0509. The Morgan fingerprint density at radius 3 is 2.54 bits per heavy atom. The van der Waals surface area contributed by atoms with Gasteiger partial charge in [0.1, 0.15) is 5.69 Å². The van der Waals surface area contributed by atoms with E-state index < -0.39 is 5.91 Å². The van der Waals surface area contributed by atoms with Crippen molar-refractivity contribution in [2.24, 2.45) is 10.4 Å². The summed E-state index contributed by atoms with van der Waals surface area (Å²) >= 11 is 0. The molecule has 1 rings (SSSR count). The molecule has 5 nitrogen and oxygen atoms in total. The molecule has 1 aromatic carbocycles. The van der Waals surface area contributed by atoms with Crippen LogP contribution in [0.15, 0.2) is 28.6 Å². The van der Waals surface area contributed by atoms with E-state index in [0.717, 1.165) is 5.56 Å². The zero-order valence-electron chi connectivity index (χ0n) is 6.85. The van der Waals surface area contributed by atoms with Crippen molar-refractivity contribution in [1.82, 2.24) is 0 Å². The second-order valence-electron chi connectivity index (χ2n) is 2.51. The molecule has 0 aromatic heterocycles. The van der Waals surface area contributed by atoms with Crippen molar-refractivity contribution >= 4 is 11.6 Å². The molecule has 66 valence electrons. The van der Waals surface area contributed by atoms with Crippen molar-refractivity contribution in [3.63, 3.8) is 0 Å². The maximum Gasteiger partial charge on any atom is 0.319 e. The molecule has 0 atom stereocenters. The summed E-state index contributed by atoms with van der Waals surface area (Å²) in [5.41, 5.74) is 0.652. The van der Waals surface area contributed by atoms with Crippen LogP contribution in [0.5, 0.6) is 0 Å². The molecule has 0 saturated carbocycles. The monoisotopic (exact) mass is 178 g/mol. The van der Waals surface area contributed by atoms with Gasteiger partial charge >= 0.3 is 5.91 Å². The number of rotatable bonds is 2. The molecule has 13 heavy (non-hydrogen) atoms. The maximum atomic E-state index is 10.9. The summed E-state index contributed by atoms with van der Waals surface area (Å²) in [5.74, 6) is -0.974. The van der Waals surface area contributed by atoms with E-state index >= 15 is 0 Å². The highest BCUT2D eigenvalue weighted by atomic mass is 16.3. The molecular formula is C8H6N2O3. The van der Waals surface area contributed by atoms with Gasteiger partial charge in [-0.3, -0.25) is 4.79 Å². The summed E-state index contributed by atoms with van der Waals surface area (Å²) in [4.78, 5) is 31.0. The Balaban J connectivity index is 3.30. The average molecular weight is 178 g/mol. The number of nitroso groups, excluding NO2 is 2. The Labute approximate surface area is 73.7 Å². The van der Waals surface area contributed by atoms with E-state index in [1.807, 2.05) is 0 Å². The molecule has 0 saturated heterocycles. The number of carbonyl (C=O) groups is 1. The Morgan fingerprint density at radius 2 is 2.00 bits per heavy atom. The molecule has 1 aromatic rings. The van der Waals surface area contributed by atoms with Crippen molar-refractivity contribution < 1.29 is 4.79 Å². The molecule has 0 N–H and O–H groups in total. The lowest BCUT2D eigenvalue weighted by atomic mass is 10.1. The molecule has 0 aliphatic rings. The van der Waals surface area contributed by atoms with Crippen LogP contribution in [0.25, 0.3) is 0 Å². The van der Waals surface area contributed by atoms with E-state index in [4.69, 9.17) is 0 Å². The minimum atomic E-state index is -0.974. The van der Waals surface area contributed by atoms with E-state index in [-0.39, 0.29) is 11.3 Å². The van der Waals surface area contributed by atoms with Gasteiger partial charge in [-0.25, -0.2) is 0 Å². The zero-order valence-corrected chi connectivity index (χ0v) is 6.85. The number of hydrogen-bond acceptors (Lipinski definition) is 4. The topological polar surface area (TPSA) is 75.9 Å². The molecule has 0 radical (unpaired) electrons. The number of carbonyl (C=O) groups excluding carboxylic acids is 1. The van der Waals surface area contributed by atoms with Crippen LogP contribution in [-0.4, -0.2) is 5.91 Å². The van der Waals surface area contributed by atoms with E-state index in [1.165, 1.54) is 12.1 Å². The molecule has 0 spiro atoms. The van der Waals surface area contributed by atoms with Crippen LogP contribution in [0.3, 0.4) is 0 Å². The average Bonchev–Trinajstić information content (AvgIpc) is 2.16. The summed E-state index contributed by atoms with van der Waals surface area (Å²) in [6, 6.07) is 4.40. The van der Waals surface area contributed by atoms with Gasteiger partial charge in [0.2, 0.25) is 0 Å². The fourth-order valence-electron chi connectivity index (χ4n) is 0.950. The zero-order chi connectivity index (χ0) is 9.84. The summed E-state index contributed by atoms with van der Waals surface area (Å²) in [6.45, 7) is 1.73. The lowest BCUT2D eigenvalue weighted by Gasteiger charge is -1.97. The smallest absolute Gasteiger partial charge is 0.263 e. The third kappa shape index (κ3) is 1.81. The second-order valence-corrected chi connectivity index (χ2v) is 2.51. The van der Waals surface area contributed by atoms with Crippen molar-refractivity contribution in [3.8, 4) is 0 Å². The quantitative estimate of drug-likeness (QED) is 0.652. The van der Waals surface area contributed by atoms with E-state index in [1.54, 1.807) is 13.0 Å². The molecule has 5 heteroatoms. The first-order chi connectivity index (χ1) is 6.19. The molecule has 0 fully saturated rings. The number of hydrogen-bond donors (Lipinski definition) is 0. The van der Waals surface area contributed by atoms with Gasteiger partial charge in [0.05, 0.1) is 5.56 Å². The molecule has 1 amide bonds. The van der Waals surface area contributed by atoms with Crippen molar-refractivity contribution in [3.05, 3.63) is 39.1 Å². The standard InChI is InChI=1S/C8H6N2O3/c1-5-2-3-7(9-12)6(4-5)8(11)10-13/h2-4H,1H3. The van der Waals surface area contributed by atoms with E-state index in [0.29, 0.717) is 0 Å². The van der Waals surface area contributed by atoms with Crippen LogP contribution in [0, 0.1) is 16.7 Å². The number of nitrogens with zero attached hydrogens (tertiary/aromatic N) is 2. The van der Waals surface area contributed by atoms with Gasteiger partial charge in [-0.1, -0.05) is 11.6 Å². The predicted octanol–water partition coefficient (Wildman–Crippen LogP) is 2.30. The minimum Gasteiger partial charge on any atom is -0.263 e. The first-order valence-corrected chi connectivity index (χ1v) is 3.50. The Morgan fingerprint density at radius 1 is 1.31 bits per heavy atom. The molecule has 0 aliphatic heterocycles. The Kier molecular flexibility index (Phi) is 2.59. The Bertz CT molecular complexity index is 374. The summed E-state index contributed by atoms with van der Waals surface area (Å²) < 4.78 is 0. The van der Waals surface area contributed by atoms with Crippen LogP contribution in [0.2, 0.25) is 0 Å². The van der Waals surface area contributed by atoms with Gasteiger partial charge in [-0.2, -0.15) is 0 Å². The van der Waals surface area contributed by atoms with Gasteiger partial charge in [0, 0.05) is 5.18 Å². The molecule has 0 aliphatic carbocycles. The fraction of sp³-hybridized carbons (Fsp3) is 0.125. The van der Waals surface area contributed by atoms with Crippen molar-refractivity contribution in [2.75, 3.05) is 0 Å². The SMILES string of the molecule is Cc1ccc(N=O)c(C(=O)N=O)c1. The third-order valence-corrected chi connectivity index (χ3v) is 1.56. The highest BCUT2D eigenvalue weighted by Gasteiger charge is 2.12. The lowest BCUT2D eigenvalue weighted by Crippen LogP contribution is -1.94. The molecule has 0 unspecified atom stereocenters. The lowest BCUT2D eigenvalue weighted by molar-refractivity contribution is 0.100. The van der Waals surface area contributed by atoms with Gasteiger partial charge in [0.15, 0.2) is 0 Å².